The molecule has 1 N–H and O–H groups in total. The summed E-state index contributed by atoms with van der Waals surface area (Å²) in [4.78, 5) is 10.5. The predicted octanol–water partition coefficient (Wildman–Crippen LogP) is 3.04. The number of rotatable bonds is 3. The van der Waals surface area contributed by atoms with Crippen molar-refractivity contribution in [3.05, 3.63) is 54.3 Å². The average Bonchev–Trinajstić information content (AvgIpc) is 2.80. The highest BCUT2D eigenvalue weighted by Crippen LogP contribution is 2.24. The largest absolute Gasteiger partial charge is 0.478 e. The molecule has 0 saturated heterocycles. The van der Waals surface area contributed by atoms with Crippen LogP contribution in [0.15, 0.2) is 53.2 Å². The summed E-state index contributed by atoms with van der Waals surface area (Å²) in [6.45, 7) is 0. The molecule has 0 saturated carbocycles. The molecule has 0 aliphatic rings. The third-order valence-electron chi connectivity index (χ3n) is 2.15. The predicted molar refractivity (Wildman–Crippen MR) is 60.8 cm³/mol. The first-order valence-electron chi connectivity index (χ1n) is 4.81. The lowest BCUT2D eigenvalue weighted by Crippen LogP contribution is -1.87. The summed E-state index contributed by atoms with van der Waals surface area (Å²) < 4.78 is 5.29. The van der Waals surface area contributed by atoms with Crippen molar-refractivity contribution in [3.63, 3.8) is 0 Å². The van der Waals surface area contributed by atoms with E-state index < -0.39 is 5.97 Å². The van der Waals surface area contributed by atoms with Crippen molar-refractivity contribution in [2.75, 3.05) is 0 Å². The minimum absolute atomic E-state index is 0.727. The Hall–Kier alpha value is -2.29. The van der Waals surface area contributed by atoms with Crippen molar-refractivity contribution < 1.29 is 14.3 Å². The summed E-state index contributed by atoms with van der Waals surface area (Å²) in [5.41, 5.74) is 1.70. The second kappa shape index (κ2) is 4.49. The summed E-state index contributed by atoms with van der Waals surface area (Å²) in [6.07, 6.45) is 4.26. The highest BCUT2D eigenvalue weighted by Gasteiger charge is 2.04. The Balaban J connectivity index is 2.42. The minimum atomic E-state index is -0.964. The van der Waals surface area contributed by atoms with Crippen LogP contribution in [0.4, 0.5) is 0 Å². The lowest BCUT2D eigenvalue weighted by Gasteiger charge is -2.01. The maximum atomic E-state index is 10.5. The molecule has 0 spiro atoms. The minimum Gasteiger partial charge on any atom is -0.478 e. The van der Waals surface area contributed by atoms with Gasteiger partial charge in [0, 0.05) is 11.6 Å². The number of furan rings is 1. The summed E-state index contributed by atoms with van der Waals surface area (Å²) in [5.74, 6) is -0.236. The van der Waals surface area contributed by atoms with Gasteiger partial charge < -0.3 is 9.52 Å². The molecule has 0 unspecified atom stereocenters. The highest BCUT2D eigenvalue weighted by molar-refractivity contribution is 5.87. The third-order valence-corrected chi connectivity index (χ3v) is 2.15. The smallest absolute Gasteiger partial charge is 0.328 e. The molecule has 1 aromatic carbocycles. The second-order valence-electron chi connectivity index (χ2n) is 3.24. The van der Waals surface area contributed by atoms with E-state index in [2.05, 4.69) is 0 Å². The van der Waals surface area contributed by atoms with Gasteiger partial charge in [-0.3, -0.25) is 0 Å². The Morgan fingerprint density at radius 1 is 1.19 bits per heavy atom. The van der Waals surface area contributed by atoms with Crippen LogP contribution in [0, 0.1) is 0 Å². The Morgan fingerprint density at radius 3 is 2.69 bits per heavy atom. The van der Waals surface area contributed by atoms with Crippen LogP contribution in [0.5, 0.6) is 0 Å². The van der Waals surface area contributed by atoms with Gasteiger partial charge in [0.05, 0.1) is 6.26 Å². The zero-order valence-corrected chi connectivity index (χ0v) is 8.46. The van der Waals surface area contributed by atoms with Gasteiger partial charge in [0.2, 0.25) is 0 Å². The number of aliphatic carboxylic acids is 1. The summed E-state index contributed by atoms with van der Waals surface area (Å²) in [7, 11) is 0. The molecule has 3 nitrogen and oxygen atoms in total. The first-order valence-corrected chi connectivity index (χ1v) is 4.81. The molecule has 0 aliphatic heterocycles. The fraction of sp³-hybridized carbons (Fsp3) is 0. The van der Waals surface area contributed by atoms with Gasteiger partial charge in [-0.25, -0.2) is 4.79 Å². The fourth-order valence-corrected chi connectivity index (χ4v) is 1.46. The van der Waals surface area contributed by atoms with Gasteiger partial charge in [-0.05, 0) is 23.8 Å². The molecule has 0 bridgehead atoms. The molecular weight excluding hydrogens is 204 g/mol. The lowest BCUT2D eigenvalue weighted by atomic mass is 10.1. The van der Waals surface area contributed by atoms with Crippen molar-refractivity contribution in [2.45, 2.75) is 0 Å². The van der Waals surface area contributed by atoms with Crippen LogP contribution in [-0.2, 0) is 4.79 Å². The zero-order valence-electron chi connectivity index (χ0n) is 8.46. The van der Waals surface area contributed by atoms with E-state index in [0.717, 1.165) is 23.0 Å². The van der Waals surface area contributed by atoms with Crippen molar-refractivity contribution in [3.8, 4) is 11.3 Å². The Labute approximate surface area is 92.6 Å². The normalized spacial score (nSPS) is 10.8. The van der Waals surface area contributed by atoms with E-state index in [4.69, 9.17) is 9.52 Å². The molecule has 1 aromatic heterocycles. The van der Waals surface area contributed by atoms with E-state index in [9.17, 15) is 4.79 Å². The quantitative estimate of drug-likeness (QED) is 0.799. The van der Waals surface area contributed by atoms with Crippen LogP contribution in [-0.4, -0.2) is 11.1 Å². The average molecular weight is 214 g/mol. The molecule has 2 rings (SSSR count). The van der Waals surface area contributed by atoms with Gasteiger partial charge in [0.15, 0.2) is 0 Å². The Morgan fingerprint density at radius 2 is 2.00 bits per heavy atom. The molecule has 16 heavy (non-hydrogen) atoms. The topological polar surface area (TPSA) is 50.4 Å². The van der Waals surface area contributed by atoms with Gasteiger partial charge in [0.25, 0.3) is 0 Å². The van der Waals surface area contributed by atoms with Crippen LogP contribution < -0.4 is 0 Å². The van der Waals surface area contributed by atoms with E-state index in [-0.39, 0.29) is 0 Å². The van der Waals surface area contributed by atoms with Crippen LogP contribution in [0.2, 0.25) is 0 Å². The number of carboxylic acids is 1. The SMILES string of the molecule is O=C(O)/C=C/c1ccccc1-c1ccco1. The zero-order chi connectivity index (χ0) is 11.4. The van der Waals surface area contributed by atoms with Crippen molar-refractivity contribution in [1.82, 2.24) is 0 Å². The number of benzene rings is 1. The molecule has 0 radical (unpaired) electrons. The molecule has 2 aromatic rings. The van der Waals surface area contributed by atoms with Gasteiger partial charge >= 0.3 is 5.97 Å². The lowest BCUT2D eigenvalue weighted by molar-refractivity contribution is -0.131. The highest BCUT2D eigenvalue weighted by atomic mass is 16.4. The standard InChI is InChI=1S/C13H10O3/c14-13(15)8-7-10-4-1-2-5-11(10)12-6-3-9-16-12/h1-9H,(H,14,15)/b8-7+. The van der Waals surface area contributed by atoms with E-state index in [0.29, 0.717) is 0 Å². The van der Waals surface area contributed by atoms with E-state index in [1.807, 2.05) is 30.3 Å². The summed E-state index contributed by atoms with van der Waals surface area (Å²) >= 11 is 0. The maximum Gasteiger partial charge on any atom is 0.328 e. The van der Waals surface area contributed by atoms with Crippen LogP contribution in [0.25, 0.3) is 17.4 Å². The number of hydrogen-bond acceptors (Lipinski definition) is 2. The first kappa shape index (κ1) is 10.2. The Bertz CT molecular complexity index is 510. The van der Waals surface area contributed by atoms with Crippen molar-refractivity contribution in [1.29, 1.82) is 0 Å². The second-order valence-corrected chi connectivity index (χ2v) is 3.24. The van der Waals surface area contributed by atoms with Crippen molar-refractivity contribution in [2.24, 2.45) is 0 Å². The summed E-state index contributed by atoms with van der Waals surface area (Å²) in [6, 6.07) is 11.1. The molecule has 3 heteroatoms. The first-order chi connectivity index (χ1) is 7.77. The van der Waals surface area contributed by atoms with Gasteiger partial charge in [0.1, 0.15) is 5.76 Å². The van der Waals surface area contributed by atoms with Gasteiger partial charge in [-0.2, -0.15) is 0 Å². The van der Waals surface area contributed by atoms with E-state index in [1.165, 1.54) is 0 Å². The van der Waals surface area contributed by atoms with Gasteiger partial charge in [-0.15, -0.1) is 0 Å². The molecule has 0 amide bonds. The van der Waals surface area contributed by atoms with Crippen LogP contribution in [0.3, 0.4) is 0 Å². The van der Waals surface area contributed by atoms with E-state index in [1.54, 1.807) is 18.4 Å². The molecule has 80 valence electrons. The molecule has 0 aliphatic carbocycles. The third kappa shape index (κ3) is 2.20. The fourth-order valence-electron chi connectivity index (χ4n) is 1.46. The number of carbonyl (C=O) groups is 1. The number of carboxylic acid groups (broad SMARTS) is 1. The monoisotopic (exact) mass is 214 g/mol. The molecule has 0 fully saturated rings. The van der Waals surface area contributed by atoms with Gasteiger partial charge in [-0.1, -0.05) is 24.3 Å². The van der Waals surface area contributed by atoms with E-state index >= 15 is 0 Å². The number of hydrogen-bond donors (Lipinski definition) is 1. The molecule has 0 atom stereocenters. The van der Waals surface area contributed by atoms with Crippen LogP contribution in [0.1, 0.15) is 5.56 Å². The molecule has 1 heterocycles. The summed E-state index contributed by atoms with van der Waals surface area (Å²) in [5, 5.41) is 8.59. The van der Waals surface area contributed by atoms with Crippen LogP contribution >= 0.6 is 0 Å². The maximum absolute atomic E-state index is 10.5. The molecular formula is C13H10O3. The Kier molecular flexibility index (Phi) is 2.87. The van der Waals surface area contributed by atoms with Crippen molar-refractivity contribution >= 4 is 12.0 Å².